The van der Waals surface area contributed by atoms with E-state index in [0.29, 0.717) is 12.8 Å². The number of aromatic nitrogens is 2. The molecule has 138 valence electrons. The van der Waals surface area contributed by atoms with Crippen LogP contribution in [0.4, 0.5) is 0 Å². The fraction of sp³-hybridized carbons (Fsp3) is 0.227. The molecule has 0 aliphatic carbocycles. The summed E-state index contributed by atoms with van der Waals surface area (Å²) in [6.45, 7) is 1.55. The third-order valence-electron chi connectivity index (χ3n) is 4.27. The van der Waals surface area contributed by atoms with Gasteiger partial charge in [-0.15, -0.1) is 0 Å². The van der Waals surface area contributed by atoms with Crippen LogP contribution >= 0.6 is 0 Å². The van der Waals surface area contributed by atoms with E-state index in [1.54, 1.807) is 12.4 Å². The number of hydrogen-bond donors (Lipinski definition) is 1. The Kier molecular flexibility index (Phi) is 6.66. The summed E-state index contributed by atoms with van der Waals surface area (Å²) >= 11 is 0. The van der Waals surface area contributed by atoms with Crippen LogP contribution in [0, 0.1) is 0 Å². The Hall–Kier alpha value is -3.05. The van der Waals surface area contributed by atoms with E-state index >= 15 is 0 Å². The molecule has 0 unspecified atom stereocenters. The van der Waals surface area contributed by atoms with Gasteiger partial charge in [-0.1, -0.05) is 48.5 Å². The van der Waals surface area contributed by atoms with Crippen molar-refractivity contribution < 1.29 is 9.53 Å². The maximum absolute atomic E-state index is 11.3. The minimum atomic E-state index is -0.178. The predicted octanol–water partition coefficient (Wildman–Crippen LogP) is 3.54. The van der Waals surface area contributed by atoms with Gasteiger partial charge >= 0.3 is 5.97 Å². The molecule has 0 saturated carbocycles. The predicted molar refractivity (Wildman–Crippen MR) is 105 cm³/mol. The molecule has 0 radical (unpaired) electrons. The lowest BCUT2D eigenvalue weighted by Gasteiger charge is -2.08. The van der Waals surface area contributed by atoms with Gasteiger partial charge in [0.05, 0.1) is 7.11 Å². The van der Waals surface area contributed by atoms with Crippen LogP contribution < -0.4 is 5.32 Å². The third kappa shape index (κ3) is 5.72. The van der Waals surface area contributed by atoms with E-state index in [1.165, 1.54) is 18.2 Å². The van der Waals surface area contributed by atoms with E-state index in [9.17, 15) is 4.79 Å². The summed E-state index contributed by atoms with van der Waals surface area (Å²) in [5.74, 6) is 0.559. The zero-order valence-electron chi connectivity index (χ0n) is 15.4. The molecule has 0 saturated heterocycles. The van der Waals surface area contributed by atoms with Gasteiger partial charge in [0.2, 0.25) is 0 Å². The van der Waals surface area contributed by atoms with Gasteiger partial charge in [0.25, 0.3) is 0 Å². The molecule has 0 spiro atoms. The van der Waals surface area contributed by atoms with Crippen LogP contribution in [0.5, 0.6) is 0 Å². The molecule has 0 atom stereocenters. The summed E-state index contributed by atoms with van der Waals surface area (Å²) in [6, 6.07) is 18.4. The van der Waals surface area contributed by atoms with Crippen LogP contribution in [0.15, 0.2) is 67.0 Å². The highest BCUT2D eigenvalue weighted by Gasteiger charge is 2.03. The minimum Gasteiger partial charge on any atom is -0.469 e. The van der Waals surface area contributed by atoms with Crippen molar-refractivity contribution >= 4 is 5.97 Å². The summed E-state index contributed by atoms with van der Waals surface area (Å²) in [5, 5.41) is 3.46. The number of methoxy groups -OCH3 is 1. The molecule has 27 heavy (non-hydrogen) atoms. The first-order valence-corrected chi connectivity index (χ1v) is 8.96. The SMILES string of the molecule is COC(=O)CCc1cccc(CNCc2ccc(-c3ncccn3)cc2)c1. The maximum atomic E-state index is 11.3. The monoisotopic (exact) mass is 361 g/mol. The second-order valence-electron chi connectivity index (χ2n) is 6.27. The second kappa shape index (κ2) is 9.59. The van der Waals surface area contributed by atoms with Crippen molar-refractivity contribution in [1.82, 2.24) is 15.3 Å². The van der Waals surface area contributed by atoms with Crippen LogP contribution in [0.3, 0.4) is 0 Å². The average Bonchev–Trinajstić information content (AvgIpc) is 2.73. The first-order chi connectivity index (χ1) is 13.2. The lowest BCUT2D eigenvalue weighted by atomic mass is 10.1. The Morgan fingerprint density at radius 2 is 1.63 bits per heavy atom. The summed E-state index contributed by atoms with van der Waals surface area (Å²) in [7, 11) is 1.42. The number of carbonyl (C=O) groups excluding carboxylic acids is 1. The Morgan fingerprint density at radius 3 is 2.37 bits per heavy atom. The van der Waals surface area contributed by atoms with Gasteiger partial charge in [0.15, 0.2) is 5.82 Å². The Labute approximate surface area is 159 Å². The standard InChI is InChI=1S/C22H23N3O2/c1-27-21(26)11-8-17-4-2-5-19(14-17)16-23-15-18-6-9-20(10-7-18)22-24-12-3-13-25-22/h2-7,9-10,12-14,23H,8,11,15-16H2,1H3. The number of hydrogen-bond acceptors (Lipinski definition) is 5. The molecule has 0 amide bonds. The fourth-order valence-corrected chi connectivity index (χ4v) is 2.81. The van der Waals surface area contributed by atoms with Crippen LogP contribution in [-0.4, -0.2) is 23.0 Å². The lowest BCUT2D eigenvalue weighted by molar-refractivity contribution is -0.140. The zero-order chi connectivity index (χ0) is 18.9. The highest BCUT2D eigenvalue weighted by Crippen LogP contribution is 2.15. The summed E-state index contributed by atoms with van der Waals surface area (Å²) in [6.07, 6.45) is 4.60. The Bertz CT molecular complexity index is 864. The van der Waals surface area contributed by atoms with Crippen molar-refractivity contribution in [3.05, 3.63) is 83.7 Å². The molecule has 1 heterocycles. The van der Waals surface area contributed by atoms with Gasteiger partial charge in [0.1, 0.15) is 0 Å². The minimum absolute atomic E-state index is 0.178. The molecular weight excluding hydrogens is 338 g/mol. The van der Waals surface area contributed by atoms with Crippen molar-refractivity contribution in [1.29, 1.82) is 0 Å². The fourth-order valence-electron chi connectivity index (χ4n) is 2.81. The van der Waals surface area contributed by atoms with Crippen LogP contribution in [0.1, 0.15) is 23.1 Å². The largest absolute Gasteiger partial charge is 0.469 e. The van der Waals surface area contributed by atoms with E-state index in [-0.39, 0.29) is 5.97 Å². The van der Waals surface area contributed by atoms with E-state index in [4.69, 9.17) is 4.74 Å². The molecule has 1 aromatic heterocycles. The van der Waals surface area contributed by atoms with Crippen molar-refractivity contribution in [2.45, 2.75) is 25.9 Å². The van der Waals surface area contributed by atoms with Gasteiger partial charge in [0, 0.05) is 37.5 Å². The zero-order valence-corrected chi connectivity index (χ0v) is 15.4. The molecule has 0 aliphatic heterocycles. The normalized spacial score (nSPS) is 10.6. The number of nitrogens with zero attached hydrogens (tertiary/aromatic N) is 2. The maximum Gasteiger partial charge on any atom is 0.305 e. The van der Waals surface area contributed by atoms with E-state index < -0.39 is 0 Å². The highest BCUT2D eigenvalue weighted by molar-refractivity contribution is 5.69. The van der Waals surface area contributed by atoms with Gasteiger partial charge in [-0.05, 0) is 29.2 Å². The second-order valence-corrected chi connectivity index (χ2v) is 6.27. The molecule has 3 rings (SSSR count). The molecule has 0 bridgehead atoms. The molecule has 0 aliphatic rings. The number of esters is 1. The van der Waals surface area contributed by atoms with E-state index in [2.05, 4.69) is 39.6 Å². The molecule has 1 N–H and O–H groups in total. The number of carbonyl (C=O) groups is 1. The molecule has 0 fully saturated rings. The summed E-state index contributed by atoms with van der Waals surface area (Å²) < 4.78 is 4.69. The van der Waals surface area contributed by atoms with Crippen molar-refractivity contribution in [3.63, 3.8) is 0 Å². The van der Waals surface area contributed by atoms with E-state index in [0.717, 1.165) is 30.0 Å². The Balaban J connectivity index is 1.50. The van der Waals surface area contributed by atoms with Gasteiger partial charge in [-0.2, -0.15) is 0 Å². The van der Waals surface area contributed by atoms with Gasteiger partial charge in [-0.3, -0.25) is 4.79 Å². The number of nitrogens with one attached hydrogen (secondary N) is 1. The average molecular weight is 361 g/mol. The molecule has 5 heteroatoms. The number of aryl methyl sites for hydroxylation is 1. The van der Waals surface area contributed by atoms with Gasteiger partial charge < -0.3 is 10.1 Å². The third-order valence-corrected chi connectivity index (χ3v) is 4.27. The lowest BCUT2D eigenvalue weighted by Crippen LogP contribution is -2.12. The van der Waals surface area contributed by atoms with E-state index in [1.807, 2.05) is 30.3 Å². The molecule has 3 aromatic rings. The van der Waals surface area contributed by atoms with Crippen LogP contribution in [-0.2, 0) is 29.0 Å². The van der Waals surface area contributed by atoms with Crippen LogP contribution in [0.2, 0.25) is 0 Å². The number of ether oxygens (including phenoxy) is 1. The Morgan fingerprint density at radius 1 is 0.926 bits per heavy atom. The number of rotatable bonds is 8. The summed E-state index contributed by atoms with van der Waals surface area (Å²) in [5.41, 5.74) is 4.56. The van der Waals surface area contributed by atoms with Crippen molar-refractivity contribution in [2.75, 3.05) is 7.11 Å². The van der Waals surface area contributed by atoms with Crippen molar-refractivity contribution in [2.24, 2.45) is 0 Å². The van der Waals surface area contributed by atoms with Crippen molar-refractivity contribution in [3.8, 4) is 11.4 Å². The molecule has 2 aromatic carbocycles. The molecule has 5 nitrogen and oxygen atoms in total. The molecular formula is C22H23N3O2. The van der Waals surface area contributed by atoms with Gasteiger partial charge in [-0.25, -0.2) is 9.97 Å². The quantitative estimate of drug-likeness (QED) is 0.622. The highest BCUT2D eigenvalue weighted by atomic mass is 16.5. The topological polar surface area (TPSA) is 64.1 Å². The summed E-state index contributed by atoms with van der Waals surface area (Å²) in [4.78, 5) is 19.8. The first kappa shape index (κ1) is 18.7. The first-order valence-electron chi connectivity index (χ1n) is 8.96. The van der Waals surface area contributed by atoms with Crippen LogP contribution in [0.25, 0.3) is 11.4 Å². The smallest absolute Gasteiger partial charge is 0.305 e. The number of benzene rings is 2.